The third kappa shape index (κ3) is 3.11. The Kier molecular flexibility index (Phi) is 4.39. The molecule has 2 nitrogen and oxygen atoms in total. The molecule has 1 aliphatic rings. The van der Waals surface area contributed by atoms with Gasteiger partial charge in [-0.25, -0.2) is 0 Å². The van der Waals surface area contributed by atoms with Gasteiger partial charge in [0.05, 0.1) is 10.7 Å². The van der Waals surface area contributed by atoms with Crippen molar-refractivity contribution in [2.24, 2.45) is 5.92 Å². The fourth-order valence-electron chi connectivity index (χ4n) is 2.86. The summed E-state index contributed by atoms with van der Waals surface area (Å²) < 4.78 is 0. The highest BCUT2D eigenvalue weighted by atomic mass is 35.5. The summed E-state index contributed by atoms with van der Waals surface area (Å²) in [4.78, 5) is 0. The van der Waals surface area contributed by atoms with Crippen molar-refractivity contribution in [2.75, 3.05) is 11.1 Å². The second-order valence-electron chi connectivity index (χ2n) is 5.52. The molecule has 0 bridgehead atoms. The molecule has 0 amide bonds. The molecule has 0 saturated heterocycles. The van der Waals surface area contributed by atoms with Gasteiger partial charge in [0.1, 0.15) is 0 Å². The van der Waals surface area contributed by atoms with Gasteiger partial charge in [0.15, 0.2) is 0 Å². The third-order valence-corrected chi connectivity index (χ3v) is 4.41. The van der Waals surface area contributed by atoms with Crippen LogP contribution in [-0.2, 0) is 0 Å². The van der Waals surface area contributed by atoms with Crippen LogP contribution >= 0.6 is 11.6 Å². The van der Waals surface area contributed by atoms with Crippen LogP contribution in [0, 0.1) is 12.8 Å². The van der Waals surface area contributed by atoms with Crippen LogP contribution < -0.4 is 11.1 Å². The van der Waals surface area contributed by atoms with Crippen molar-refractivity contribution in [3.05, 3.63) is 22.7 Å². The molecule has 1 unspecified atom stereocenters. The highest BCUT2D eigenvalue weighted by Gasteiger charge is 2.20. The first-order valence-corrected chi connectivity index (χ1v) is 7.28. The van der Waals surface area contributed by atoms with E-state index in [0.717, 1.165) is 11.6 Å². The molecule has 1 fully saturated rings. The molecule has 0 radical (unpaired) electrons. The molecule has 1 aliphatic carbocycles. The van der Waals surface area contributed by atoms with Crippen LogP contribution in [0.2, 0.25) is 5.02 Å². The lowest BCUT2D eigenvalue weighted by molar-refractivity contribution is 0.328. The molecule has 1 aromatic rings. The van der Waals surface area contributed by atoms with Gasteiger partial charge >= 0.3 is 0 Å². The molecule has 0 aromatic heterocycles. The standard InChI is InChI=1S/C15H23ClN2/c1-10-8-14(17)13(16)9-15(10)18-11(2)12-6-4-3-5-7-12/h8-9,11-12,18H,3-7,17H2,1-2H3. The predicted octanol–water partition coefficient (Wildman–Crippen LogP) is 4.61. The van der Waals surface area contributed by atoms with Crippen LogP contribution in [0.1, 0.15) is 44.6 Å². The van der Waals surface area contributed by atoms with Gasteiger partial charge in [-0.3, -0.25) is 0 Å². The number of halogens is 1. The highest BCUT2D eigenvalue weighted by Crippen LogP contribution is 2.31. The Bertz CT molecular complexity index is 411. The van der Waals surface area contributed by atoms with Crippen LogP contribution in [0.25, 0.3) is 0 Å². The van der Waals surface area contributed by atoms with E-state index in [4.69, 9.17) is 17.3 Å². The Balaban J connectivity index is 2.06. The molecule has 3 heteroatoms. The predicted molar refractivity (Wildman–Crippen MR) is 80.3 cm³/mol. The van der Waals surface area contributed by atoms with Crippen molar-refractivity contribution < 1.29 is 0 Å². The fraction of sp³-hybridized carbons (Fsp3) is 0.600. The second kappa shape index (κ2) is 5.83. The molecule has 1 atom stereocenters. The van der Waals surface area contributed by atoms with E-state index in [1.54, 1.807) is 0 Å². The molecule has 2 rings (SSSR count). The van der Waals surface area contributed by atoms with Gasteiger partial charge in [0, 0.05) is 11.7 Å². The average Bonchev–Trinajstić information content (AvgIpc) is 2.37. The van der Waals surface area contributed by atoms with Crippen molar-refractivity contribution in [3.63, 3.8) is 0 Å². The van der Waals surface area contributed by atoms with Gasteiger partial charge in [0.25, 0.3) is 0 Å². The van der Waals surface area contributed by atoms with Gasteiger partial charge < -0.3 is 11.1 Å². The molecule has 0 spiro atoms. The summed E-state index contributed by atoms with van der Waals surface area (Å²) in [5.41, 5.74) is 8.74. The Hall–Kier alpha value is -0.890. The first kappa shape index (κ1) is 13.5. The molecule has 18 heavy (non-hydrogen) atoms. The van der Waals surface area contributed by atoms with Gasteiger partial charge in [-0.15, -0.1) is 0 Å². The first-order chi connectivity index (χ1) is 8.58. The number of nitrogens with one attached hydrogen (secondary N) is 1. The van der Waals surface area contributed by atoms with E-state index in [1.165, 1.54) is 37.7 Å². The summed E-state index contributed by atoms with van der Waals surface area (Å²) in [6.07, 6.45) is 6.83. The Labute approximate surface area is 115 Å². The average molecular weight is 267 g/mol. The number of hydrogen-bond donors (Lipinski definition) is 2. The summed E-state index contributed by atoms with van der Waals surface area (Å²) in [5.74, 6) is 0.787. The van der Waals surface area contributed by atoms with Crippen LogP contribution in [0.4, 0.5) is 11.4 Å². The summed E-state index contributed by atoms with van der Waals surface area (Å²) in [5, 5.41) is 4.25. The lowest BCUT2D eigenvalue weighted by atomic mass is 9.84. The molecule has 1 aromatic carbocycles. The van der Waals surface area contributed by atoms with E-state index in [-0.39, 0.29) is 0 Å². The zero-order valence-corrected chi connectivity index (χ0v) is 12.1. The minimum atomic E-state index is 0.503. The second-order valence-corrected chi connectivity index (χ2v) is 5.93. The summed E-state index contributed by atoms with van der Waals surface area (Å²) in [6.45, 7) is 4.35. The Morgan fingerprint density at radius 2 is 1.94 bits per heavy atom. The molecular formula is C15H23ClN2. The molecule has 100 valence electrons. The minimum Gasteiger partial charge on any atom is -0.398 e. The third-order valence-electron chi connectivity index (χ3n) is 4.08. The monoisotopic (exact) mass is 266 g/mol. The van der Waals surface area contributed by atoms with Gasteiger partial charge in [-0.1, -0.05) is 30.9 Å². The summed E-state index contributed by atoms with van der Waals surface area (Å²) in [7, 11) is 0. The maximum atomic E-state index is 6.09. The molecule has 3 N–H and O–H groups in total. The molecule has 1 saturated carbocycles. The lowest BCUT2D eigenvalue weighted by Crippen LogP contribution is -2.28. The zero-order valence-electron chi connectivity index (χ0n) is 11.3. The number of rotatable bonds is 3. The van der Waals surface area contributed by atoms with E-state index in [1.807, 2.05) is 12.1 Å². The summed E-state index contributed by atoms with van der Waals surface area (Å²) in [6, 6.07) is 4.40. The lowest BCUT2D eigenvalue weighted by Gasteiger charge is -2.29. The SMILES string of the molecule is Cc1cc(N)c(Cl)cc1NC(C)C1CCCCC1. The number of anilines is 2. The van der Waals surface area contributed by atoms with Gasteiger partial charge in [-0.2, -0.15) is 0 Å². The molecule has 0 heterocycles. The Morgan fingerprint density at radius 1 is 1.28 bits per heavy atom. The largest absolute Gasteiger partial charge is 0.398 e. The normalized spacial score (nSPS) is 18.6. The quantitative estimate of drug-likeness (QED) is 0.784. The van der Waals surface area contributed by atoms with Gasteiger partial charge in [0.2, 0.25) is 0 Å². The number of benzene rings is 1. The number of nitrogen functional groups attached to an aromatic ring is 1. The maximum absolute atomic E-state index is 6.09. The smallest absolute Gasteiger partial charge is 0.0656 e. The van der Waals surface area contributed by atoms with Crippen LogP contribution in [0.5, 0.6) is 0 Å². The number of aryl methyl sites for hydroxylation is 1. The van der Waals surface area contributed by atoms with E-state index in [0.29, 0.717) is 16.8 Å². The van der Waals surface area contributed by atoms with E-state index in [9.17, 15) is 0 Å². The van der Waals surface area contributed by atoms with E-state index >= 15 is 0 Å². The molecular weight excluding hydrogens is 244 g/mol. The van der Waals surface area contributed by atoms with Crippen molar-refractivity contribution in [2.45, 2.75) is 52.0 Å². The molecule has 0 aliphatic heterocycles. The fourth-order valence-corrected chi connectivity index (χ4v) is 3.02. The number of nitrogens with two attached hydrogens (primary N) is 1. The van der Waals surface area contributed by atoms with Crippen molar-refractivity contribution in [3.8, 4) is 0 Å². The topological polar surface area (TPSA) is 38.0 Å². The van der Waals surface area contributed by atoms with Crippen molar-refractivity contribution in [1.29, 1.82) is 0 Å². The van der Waals surface area contributed by atoms with Crippen LogP contribution in [-0.4, -0.2) is 6.04 Å². The first-order valence-electron chi connectivity index (χ1n) is 6.90. The minimum absolute atomic E-state index is 0.503. The maximum Gasteiger partial charge on any atom is 0.0656 e. The van der Waals surface area contributed by atoms with Crippen LogP contribution in [0.15, 0.2) is 12.1 Å². The van der Waals surface area contributed by atoms with Crippen molar-refractivity contribution >= 4 is 23.0 Å². The zero-order chi connectivity index (χ0) is 13.1. The van der Waals surface area contributed by atoms with Gasteiger partial charge in [-0.05, 0) is 50.3 Å². The van der Waals surface area contributed by atoms with E-state index < -0.39 is 0 Å². The summed E-state index contributed by atoms with van der Waals surface area (Å²) >= 11 is 6.09. The van der Waals surface area contributed by atoms with Crippen molar-refractivity contribution in [1.82, 2.24) is 0 Å². The van der Waals surface area contributed by atoms with E-state index in [2.05, 4.69) is 19.2 Å². The number of hydrogen-bond acceptors (Lipinski definition) is 2. The van der Waals surface area contributed by atoms with Crippen LogP contribution in [0.3, 0.4) is 0 Å². The Morgan fingerprint density at radius 3 is 2.61 bits per heavy atom. The highest BCUT2D eigenvalue weighted by molar-refractivity contribution is 6.33.